The van der Waals surface area contributed by atoms with E-state index in [1.54, 1.807) is 6.07 Å². The van der Waals surface area contributed by atoms with Crippen molar-refractivity contribution in [1.29, 1.82) is 0 Å². The van der Waals surface area contributed by atoms with Crippen LogP contribution in [0.3, 0.4) is 0 Å². The number of rotatable bonds is 5. The summed E-state index contributed by atoms with van der Waals surface area (Å²) in [5, 5.41) is 6.46. The van der Waals surface area contributed by atoms with Crippen molar-refractivity contribution >= 4 is 40.4 Å². The van der Waals surface area contributed by atoms with E-state index < -0.39 is 5.82 Å². The molecule has 1 saturated carbocycles. The summed E-state index contributed by atoms with van der Waals surface area (Å²) in [4.78, 5) is 29.8. The van der Waals surface area contributed by atoms with Gasteiger partial charge in [-0.2, -0.15) is 0 Å². The summed E-state index contributed by atoms with van der Waals surface area (Å²) < 4.78 is 15.2. The molecule has 1 aliphatic carbocycles. The van der Waals surface area contributed by atoms with Crippen LogP contribution in [0.15, 0.2) is 42.5 Å². The quantitative estimate of drug-likeness (QED) is 0.544. The minimum absolute atomic E-state index is 0.00993. The molecule has 0 aliphatic heterocycles. The fraction of sp³-hybridized carbons (Fsp3) is 0.375. The Kier molecular flexibility index (Phi) is 6.46. The molecule has 6 nitrogen and oxygen atoms in total. The number of amides is 2. The molecule has 32 heavy (non-hydrogen) atoms. The molecular weight excluding hydrogens is 431 g/mol. The molecule has 8 heteroatoms. The maximum Gasteiger partial charge on any atom is 0.257 e. The van der Waals surface area contributed by atoms with Gasteiger partial charge in [0.05, 0.1) is 11.0 Å². The molecule has 0 radical (unpaired) electrons. The van der Waals surface area contributed by atoms with Crippen LogP contribution >= 0.6 is 11.6 Å². The first-order valence-electron chi connectivity index (χ1n) is 10.9. The smallest absolute Gasteiger partial charge is 0.257 e. The van der Waals surface area contributed by atoms with Gasteiger partial charge in [0.1, 0.15) is 5.82 Å². The highest BCUT2D eigenvalue weighted by molar-refractivity contribution is 6.31. The average Bonchev–Trinajstić information content (AvgIpc) is 3.10. The van der Waals surface area contributed by atoms with Gasteiger partial charge in [-0.1, -0.05) is 11.6 Å². The van der Waals surface area contributed by atoms with Crippen LogP contribution in [0.25, 0.3) is 11.0 Å². The van der Waals surface area contributed by atoms with Gasteiger partial charge < -0.3 is 9.88 Å². The Morgan fingerprint density at radius 2 is 1.78 bits per heavy atom. The molecule has 168 valence electrons. The Labute approximate surface area is 191 Å². The minimum atomic E-state index is -0.401. The first kappa shape index (κ1) is 22.3. The van der Waals surface area contributed by atoms with Crippen molar-refractivity contribution in [1.82, 2.24) is 14.9 Å². The number of carbonyl (C=O) groups is 2. The van der Waals surface area contributed by atoms with E-state index in [-0.39, 0.29) is 29.8 Å². The minimum Gasteiger partial charge on any atom is -0.354 e. The molecule has 2 N–H and O–H groups in total. The van der Waals surface area contributed by atoms with E-state index in [9.17, 15) is 14.0 Å². The van der Waals surface area contributed by atoms with Crippen LogP contribution in [0.4, 0.5) is 10.3 Å². The second-order valence-corrected chi connectivity index (χ2v) is 9.00. The maximum atomic E-state index is 13.2. The van der Waals surface area contributed by atoms with E-state index in [2.05, 4.69) is 15.6 Å². The highest BCUT2D eigenvalue weighted by Gasteiger charge is 2.30. The van der Waals surface area contributed by atoms with Crippen LogP contribution in [0.1, 0.15) is 55.9 Å². The summed E-state index contributed by atoms with van der Waals surface area (Å²) in [7, 11) is 0. The van der Waals surface area contributed by atoms with Gasteiger partial charge in [-0.15, -0.1) is 0 Å². The molecule has 0 bridgehead atoms. The summed E-state index contributed by atoms with van der Waals surface area (Å²) in [6.45, 7) is 3.92. The predicted molar refractivity (Wildman–Crippen MR) is 123 cm³/mol. The number of anilines is 1. The molecule has 0 unspecified atom stereocenters. The molecule has 3 aromatic rings. The van der Waals surface area contributed by atoms with Crippen molar-refractivity contribution in [3.63, 3.8) is 0 Å². The normalized spacial score (nSPS) is 18.7. The molecular formula is C24H26ClFN4O2. The Balaban J connectivity index is 1.60. The first-order chi connectivity index (χ1) is 15.3. The molecule has 1 fully saturated rings. The molecule has 1 aromatic heterocycles. The monoisotopic (exact) mass is 456 g/mol. The zero-order chi connectivity index (χ0) is 22.8. The number of halogens is 2. The van der Waals surface area contributed by atoms with E-state index in [0.29, 0.717) is 16.5 Å². The number of hydrogen-bond donors (Lipinski definition) is 2. The average molecular weight is 457 g/mol. The lowest BCUT2D eigenvalue weighted by atomic mass is 9.85. The van der Waals surface area contributed by atoms with Gasteiger partial charge in [-0.25, -0.2) is 9.37 Å². The zero-order valence-electron chi connectivity index (χ0n) is 18.1. The molecule has 0 atom stereocenters. The Morgan fingerprint density at radius 1 is 1.09 bits per heavy atom. The highest BCUT2D eigenvalue weighted by atomic mass is 35.5. The van der Waals surface area contributed by atoms with Gasteiger partial charge in [0.25, 0.3) is 5.91 Å². The fourth-order valence-electron chi connectivity index (χ4n) is 4.30. The predicted octanol–water partition coefficient (Wildman–Crippen LogP) is 5.34. The molecule has 0 spiro atoms. The number of nitrogens with one attached hydrogen (secondary N) is 2. The van der Waals surface area contributed by atoms with E-state index in [1.165, 1.54) is 24.3 Å². The number of hydrogen-bond acceptors (Lipinski definition) is 3. The Hall–Kier alpha value is -2.93. The molecule has 4 rings (SSSR count). The van der Waals surface area contributed by atoms with Crippen LogP contribution in [-0.2, 0) is 4.79 Å². The summed E-state index contributed by atoms with van der Waals surface area (Å²) >= 11 is 6.25. The van der Waals surface area contributed by atoms with Crippen LogP contribution in [-0.4, -0.2) is 27.4 Å². The van der Waals surface area contributed by atoms with E-state index >= 15 is 0 Å². The Morgan fingerprint density at radius 3 is 2.44 bits per heavy atom. The third-order valence-electron chi connectivity index (χ3n) is 5.85. The largest absolute Gasteiger partial charge is 0.354 e. The van der Waals surface area contributed by atoms with Gasteiger partial charge in [-0.3, -0.25) is 14.9 Å². The fourth-order valence-corrected chi connectivity index (χ4v) is 4.46. The summed E-state index contributed by atoms with van der Waals surface area (Å²) in [6.07, 6.45) is 3.09. The number of nitrogens with zero attached hydrogens (tertiary/aromatic N) is 2. The van der Waals surface area contributed by atoms with Crippen molar-refractivity contribution in [2.24, 2.45) is 5.92 Å². The second-order valence-electron chi connectivity index (χ2n) is 8.57. The van der Waals surface area contributed by atoms with Gasteiger partial charge in [-0.05, 0) is 82.0 Å². The maximum absolute atomic E-state index is 13.2. The van der Waals surface area contributed by atoms with Crippen molar-refractivity contribution in [3.05, 3.63) is 58.9 Å². The van der Waals surface area contributed by atoms with E-state index in [4.69, 9.17) is 11.6 Å². The van der Waals surface area contributed by atoms with Crippen molar-refractivity contribution in [2.45, 2.75) is 51.6 Å². The summed E-state index contributed by atoms with van der Waals surface area (Å²) in [5.41, 5.74) is 1.91. The van der Waals surface area contributed by atoms with Gasteiger partial charge >= 0.3 is 0 Å². The van der Waals surface area contributed by atoms with Crippen molar-refractivity contribution in [3.8, 4) is 0 Å². The lowest BCUT2D eigenvalue weighted by molar-refractivity contribution is -0.126. The highest BCUT2D eigenvalue weighted by Crippen LogP contribution is 2.37. The molecule has 2 aromatic carbocycles. The third kappa shape index (κ3) is 4.78. The lowest BCUT2D eigenvalue weighted by Gasteiger charge is -2.30. The number of aromatic nitrogens is 2. The van der Waals surface area contributed by atoms with Crippen LogP contribution in [0.2, 0.25) is 5.02 Å². The van der Waals surface area contributed by atoms with Crippen LogP contribution in [0, 0.1) is 11.7 Å². The SMILES string of the molecule is CC(C)NC(=O)C1CCC(n2c(NC(=O)c3ccc(F)cc3)nc3ccc(Cl)cc32)CC1. The Bertz CT molecular complexity index is 1130. The number of imidazole rings is 1. The third-order valence-corrected chi connectivity index (χ3v) is 6.08. The topological polar surface area (TPSA) is 76.0 Å². The second kappa shape index (κ2) is 9.28. The first-order valence-corrected chi connectivity index (χ1v) is 11.2. The number of benzene rings is 2. The molecule has 1 heterocycles. The lowest BCUT2D eigenvalue weighted by Crippen LogP contribution is -2.37. The van der Waals surface area contributed by atoms with Gasteiger partial charge in [0.15, 0.2) is 0 Å². The molecule has 1 aliphatic rings. The summed E-state index contributed by atoms with van der Waals surface area (Å²) in [6, 6.07) is 11.0. The van der Waals surface area contributed by atoms with Crippen LogP contribution in [0.5, 0.6) is 0 Å². The van der Waals surface area contributed by atoms with Crippen molar-refractivity contribution < 1.29 is 14.0 Å². The summed E-state index contributed by atoms with van der Waals surface area (Å²) in [5.74, 6) is -0.253. The van der Waals surface area contributed by atoms with Gasteiger partial charge in [0.2, 0.25) is 11.9 Å². The number of fused-ring (bicyclic) bond motifs is 1. The van der Waals surface area contributed by atoms with Crippen LogP contribution < -0.4 is 10.6 Å². The zero-order valence-corrected chi connectivity index (χ0v) is 18.8. The molecule has 0 saturated heterocycles. The standard InChI is InChI=1S/C24H26ClFN4O2/c1-14(2)27-22(31)16-5-10-19(11-6-16)30-21-13-17(25)7-12-20(21)28-24(30)29-23(32)15-3-8-18(26)9-4-15/h3-4,7-9,12-14,16,19H,5-6,10-11H2,1-2H3,(H,27,31)(H,28,29,32). The van der Waals surface area contributed by atoms with E-state index in [1.807, 2.05) is 30.5 Å². The van der Waals surface area contributed by atoms with E-state index in [0.717, 1.165) is 36.7 Å². The number of carbonyl (C=O) groups excluding carboxylic acids is 2. The van der Waals surface area contributed by atoms with Gasteiger partial charge in [0, 0.05) is 28.6 Å². The van der Waals surface area contributed by atoms with Crippen molar-refractivity contribution in [2.75, 3.05) is 5.32 Å². The molecule has 2 amide bonds.